The van der Waals surface area contributed by atoms with Crippen molar-refractivity contribution in [2.45, 2.75) is 46.2 Å². The van der Waals surface area contributed by atoms with Gasteiger partial charge < -0.3 is 14.8 Å². The zero-order valence-corrected chi connectivity index (χ0v) is 12.2. The van der Waals surface area contributed by atoms with Crippen LogP contribution < -0.4 is 10.1 Å². The van der Waals surface area contributed by atoms with Crippen LogP contribution in [0.1, 0.15) is 39.3 Å². The average Bonchev–Trinajstić information content (AvgIpc) is 2.41. The van der Waals surface area contributed by atoms with Crippen LogP contribution in [0.2, 0.25) is 0 Å². The molecule has 5 nitrogen and oxygen atoms in total. The Balaban J connectivity index is 2.17. The lowest BCUT2D eigenvalue weighted by Crippen LogP contribution is -2.22. The highest BCUT2D eigenvalue weighted by molar-refractivity contribution is 5.11. The molecular formula is C14H25N3O2. The normalized spacial score (nSPS) is 10.9. The summed E-state index contributed by atoms with van der Waals surface area (Å²) in [5, 5.41) is 11.4. The minimum Gasteiger partial charge on any atom is -0.474 e. The van der Waals surface area contributed by atoms with Gasteiger partial charge in [0.25, 0.3) is 0 Å². The van der Waals surface area contributed by atoms with Gasteiger partial charge in [0.15, 0.2) is 0 Å². The van der Waals surface area contributed by atoms with E-state index in [0.717, 1.165) is 31.7 Å². The molecule has 0 aromatic carbocycles. The van der Waals surface area contributed by atoms with Crippen LogP contribution in [0, 0.1) is 0 Å². The van der Waals surface area contributed by atoms with Crippen molar-refractivity contribution in [1.29, 1.82) is 0 Å². The fraction of sp³-hybridized carbons (Fsp3) is 0.714. The maximum atomic E-state index is 5.45. The van der Waals surface area contributed by atoms with Crippen LogP contribution in [0.15, 0.2) is 12.1 Å². The second kappa shape index (κ2) is 9.69. The van der Waals surface area contributed by atoms with Crippen LogP contribution in [0.4, 0.5) is 0 Å². The second-order valence-electron chi connectivity index (χ2n) is 4.71. The Bertz CT molecular complexity index is 328. The summed E-state index contributed by atoms with van der Waals surface area (Å²) in [6.07, 6.45) is 2.25. The zero-order chi connectivity index (χ0) is 13.9. The van der Waals surface area contributed by atoms with Gasteiger partial charge in [-0.15, -0.1) is 5.10 Å². The molecule has 0 aliphatic heterocycles. The van der Waals surface area contributed by atoms with Crippen molar-refractivity contribution in [3.8, 4) is 5.88 Å². The fourth-order valence-electron chi connectivity index (χ4n) is 1.38. The van der Waals surface area contributed by atoms with Crippen LogP contribution in [-0.4, -0.2) is 36.1 Å². The molecule has 0 aliphatic carbocycles. The molecule has 0 spiro atoms. The fourth-order valence-corrected chi connectivity index (χ4v) is 1.38. The summed E-state index contributed by atoms with van der Waals surface area (Å²) >= 11 is 0. The van der Waals surface area contributed by atoms with E-state index >= 15 is 0 Å². The topological polar surface area (TPSA) is 56.3 Å². The molecule has 0 saturated carbocycles. The molecule has 1 N–H and O–H groups in total. The molecule has 0 radical (unpaired) electrons. The largest absolute Gasteiger partial charge is 0.474 e. The summed E-state index contributed by atoms with van der Waals surface area (Å²) in [5.74, 6) is 0.549. The Labute approximate surface area is 115 Å². The molecule has 0 aliphatic rings. The summed E-state index contributed by atoms with van der Waals surface area (Å²) < 4.78 is 10.8. The van der Waals surface area contributed by atoms with Gasteiger partial charge in [0.1, 0.15) is 6.61 Å². The minimum atomic E-state index is 0.443. The summed E-state index contributed by atoms with van der Waals surface area (Å²) in [4.78, 5) is 0. The summed E-state index contributed by atoms with van der Waals surface area (Å²) in [7, 11) is 0. The maximum absolute atomic E-state index is 5.45. The molecule has 108 valence electrons. The van der Waals surface area contributed by atoms with Crippen molar-refractivity contribution in [1.82, 2.24) is 15.5 Å². The number of hydrogen-bond donors (Lipinski definition) is 1. The Hall–Kier alpha value is -1.20. The summed E-state index contributed by atoms with van der Waals surface area (Å²) in [6, 6.07) is 4.21. The molecule has 1 heterocycles. The minimum absolute atomic E-state index is 0.443. The third-order valence-corrected chi connectivity index (χ3v) is 2.51. The van der Waals surface area contributed by atoms with Gasteiger partial charge in [-0.3, -0.25) is 0 Å². The molecule has 0 atom stereocenters. The van der Waals surface area contributed by atoms with Gasteiger partial charge in [-0.1, -0.05) is 27.2 Å². The van der Waals surface area contributed by atoms with E-state index in [-0.39, 0.29) is 0 Å². The molecule has 1 rings (SSSR count). The van der Waals surface area contributed by atoms with Crippen LogP contribution >= 0.6 is 0 Å². The van der Waals surface area contributed by atoms with Gasteiger partial charge >= 0.3 is 0 Å². The molecule has 0 bridgehead atoms. The molecule has 1 aromatic rings. The lowest BCUT2D eigenvalue weighted by Gasteiger charge is -2.08. The molecule has 0 fully saturated rings. The average molecular weight is 267 g/mol. The maximum Gasteiger partial charge on any atom is 0.233 e. The van der Waals surface area contributed by atoms with Crippen molar-refractivity contribution in [3.63, 3.8) is 0 Å². The van der Waals surface area contributed by atoms with Crippen molar-refractivity contribution < 1.29 is 9.47 Å². The van der Waals surface area contributed by atoms with Crippen molar-refractivity contribution in [2.24, 2.45) is 0 Å². The number of ether oxygens (including phenoxy) is 2. The first kappa shape index (κ1) is 15.9. The predicted octanol–water partition coefficient (Wildman–Crippen LogP) is 2.17. The first-order valence-corrected chi connectivity index (χ1v) is 6.99. The molecule has 0 unspecified atom stereocenters. The SMILES string of the molecule is CCCCOCCOc1ccc(CNC(C)C)nn1. The number of aromatic nitrogens is 2. The zero-order valence-electron chi connectivity index (χ0n) is 12.2. The number of nitrogens with zero attached hydrogens (tertiary/aromatic N) is 2. The van der Waals surface area contributed by atoms with Crippen molar-refractivity contribution in [3.05, 3.63) is 17.8 Å². The highest BCUT2D eigenvalue weighted by Crippen LogP contribution is 2.04. The summed E-state index contributed by atoms with van der Waals surface area (Å²) in [5.41, 5.74) is 0.917. The highest BCUT2D eigenvalue weighted by Gasteiger charge is 2.00. The van der Waals surface area contributed by atoms with Gasteiger partial charge in [-0.05, 0) is 12.5 Å². The Morgan fingerprint density at radius 2 is 2.00 bits per heavy atom. The molecule has 5 heteroatoms. The number of rotatable bonds is 10. The van der Waals surface area contributed by atoms with E-state index in [1.165, 1.54) is 0 Å². The van der Waals surface area contributed by atoms with Crippen LogP contribution in [0.5, 0.6) is 5.88 Å². The van der Waals surface area contributed by atoms with Crippen LogP contribution in [0.3, 0.4) is 0 Å². The van der Waals surface area contributed by atoms with Gasteiger partial charge in [0.05, 0.1) is 12.3 Å². The van der Waals surface area contributed by atoms with E-state index in [2.05, 4.69) is 36.3 Å². The molecular weight excluding hydrogens is 242 g/mol. The van der Waals surface area contributed by atoms with E-state index in [4.69, 9.17) is 9.47 Å². The molecule has 19 heavy (non-hydrogen) atoms. The van der Waals surface area contributed by atoms with E-state index < -0.39 is 0 Å². The highest BCUT2D eigenvalue weighted by atomic mass is 16.5. The lowest BCUT2D eigenvalue weighted by atomic mass is 10.3. The van der Waals surface area contributed by atoms with Gasteiger partial charge in [0.2, 0.25) is 5.88 Å². The van der Waals surface area contributed by atoms with Crippen LogP contribution in [0.25, 0.3) is 0 Å². The van der Waals surface area contributed by atoms with Crippen LogP contribution in [-0.2, 0) is 11.3 Å². The van der Waals surface area contributed by atoms with E-state index in [0.29, 0.717) is 25.1 Å². The number of nitrogens with one attached hydrogen (secondary N) is 1. The lowest BCUT2D eigenvalue weighted by molar-refractivity contribution is 0.0961. The quantitative estimate of drug-likeness (QED) is 0.658. The first-order valence-electron chi connectivity index (χ1n) is 6.99. The Kier molecular flexibility index (Phi) is 8.09. The van der Waals surface area contributed by atoms with Crippen molar-refractivity contribution in [2.75, 3.05) is 19.8 Å². The Morgan fingerprint density at radius 1 is 1.16 bits per heavy atom. The second-order valence-corrected chi connectivity index (χ2v) is 4.71. The summed E-state index contributed by atoms with van der Waals surface area (Å²) in [6.45, 7) is 8.98. The third-order valence-electron chi connectivity index (χ3n) is 2.51. The standard InChI is InChI=1S/C14H25N3O2/c1-4-5-8-18-9-10-19-14-7-6-13(16-17-14)11-15-12(2)3/h6-7,12,15H,4-5,8-11H2,1-3H3. The predicted molar refractivity (Wildman–Crippen MR) is 75.2 cm³/mol. The number of unbranched alkanes of at least 4 members (excludes halogenated alkanes) is 1. The van der Waals surface area contributed by atoms with Gasteiger partial charge in [0, 0.05) is 25.3 Å². The first-order chi connectivity index (χ1) is 9.22. The molecule has 0 saturated heterocycles. The smallest absolute Gasteiger partial charge is 0.233 e. The van der Waals surface area contributed by atoms with E-state index in [1.54, 1.807) is 0 Å². The van der Waals surface area contributed by atoms with Crippen molar-refractivity contribution >= 4 is 0 Å². The third kappa shape index (κ3) is 7.74. The molecule has 1 aromatic heterocycles. The molecule has 0 amide bonds. The Morgan fingerprint density at radius 3 is 2.63 bits per heavy atom. The van der Waals surface area contributed by atoms with E-state index in [9.17, 15) is 0 Å². The van der Waals surface area contributed by atoms with Gasteiger partial charge in [-0.25, -0.2) is 0 Å². The van der Waals surface area contributed by atoms with Gasteiger partial charge in [-0.2, -0.15) is 5.10 Å². The number of hydrogen-bond acceptors (Lipinski definition) is 5. The van der Waals surface area contributed by atoms with E-state index in [1.807, 2.05) is 12.1 Å². The monoisotopic (exact) mass is 267 g/mol.